The Morgan fingerprint density at radius 1 is 1.13 bits per heavy atom. The van der Waals surface area contributed by atoms with Crippen LogP contribution in [0.5, 0.6) is 5.75 Å². The first kappa shape index (κ1) is 20.1. The van der Waals surface area contributed by atoms with E-state index >= 15 is 0 Å². The van der Waals surface area contributed by atoms with Crippen molar-refractivity contribution in [2.45, 2.75) is 69.6 Å². The molecular weight excluding hydrogens is 391 g/mol. The zero-order valence-corrected chi connectivity index (χ0v) is 19.2. The summed E-state index contributed by atoms with van der Waals surface area (Å²) in [5, 5.41) is 0. The van der Waals surface area contributed by atoms with Crippen molar-refractivity contribution in [3.05, 3.63) is 52.1 Å². The third-order valence-electron chi connectivity index (χ3n) is 6.71. The van der Waals surface area contributed by atoms with Gasteiger partial charge in [0, 0.05) is 0 Å². The van der Waals surface area contributed by atoms with Gasteiger partial charge in [0.25, 0.3) is 0 Å². The molecule has 0 radical (unpaired) electrons. The molecule has 2 aromatic carbocycles. The number of hydrogen-bond donors (Lipinski definition) is 0. The quantitative estimate of drug-likeness (QED) is 0.409. The predicted molar refractivity (Wildman–Crippen MR) is 123 cm³/mol. The molecule has 3 aliphatic rings. The molecule has 30 heavy (non-hydrogen) atoms. The van der Waals surface area contributed by atoms with E-state index in [-0.39, 0.29) is 11.6 Å². The standard InChI is InChI=1S/C26H31O3P/c1-15-13-16(2)23(25(26(27)28-3)30-20-9-10-20)24(22(15)17-6-7-17)19-8-11-21-18(14-19)5-4-12-29-21/h8,11,13-14,17,20,25,30H,4-7,9-10,12H2,1-3H3. The van der Waals surface area contributed by atoms with Crippen molar-refractivity contribution in [1.82, 2.24) is 0 Å². The molecular formula is C26H31O3P. The molecule has 0 N–H and O–H groups in total. The Bertz CT molecular complexity index is 988. The van der Waals surface area contributed by atoms with E-state index in [1.165, 1.54) is 71.7 Å². The highest BCUT2D eigenvalue weighted by atomic mass is 31.1. The van der Waals surface area contributed by atoms with E-state index in [2.05, 4.69) is 38.1 Å². The molecule has 4 heteroatoms. The Labute approximate surface area is 181 Å². The normalized spacial score (nSPS) is 19.4. The third kappa shape index (κ3) is 3.78. The fourth-order valence-electron chi connectivity index (χ4n) is 4.99. The van der Waals surface area contributed by atoms with E-state index in [1.54, 1.807) is 0 Å². The van der Waals surface area contributed by atoms with Crippen molar-refractivity contribution in [1.29, 1.82) is 0 Å². The van der Waals surface area contributed by atoms with Gasteiger partial charge in [-0.1, -0.05) is 20.7 Å². The van der Waals surface area contributed by atoms with Crippen molar-refractivity contribution < 1.29 is 14.3 Å². The van der Waals surface area contributed by atoms with Gasteiger partial charge in [0.2, 0.25) is 0 Å². The van der Waals surface area contributed by atoms with Crippen molar-refractivity contribution >= 4 is 14.6 Å². The van der Waals surface area contributed by atoms with Crippen LogP contribution in [0.2, 0.25) is 0 Å². The van der Waals surface area contributed by atoms with Crippen molar-refractivity contribution in [2.24, 2.45) is 0 Å². The summed E-state index contributed by atoms with van der Waals surface area (Å²) in [5.41, 5.74) is 9.66. The van der Waals surface area contributed by atoms with E-state index < -0.39 is 0 Å². The minimum atomic E-state index is -0.150. The topological polar surface area (TPSA) is 35.5 Å². The number of carbonyl (C=O) groups is 1. The molecule has 3 nitrogen and oxygen atoms in total. The number of methoxy groups -OCH3 is 1. The zero-order valence-electron chi connectivity index (χ0n) is 18.2. The number of ether oxygens (including phenoxy) is 2. The highest BCUT2D eigenvalue weighted by Crippen LogP contribution is 2.55. The van der Waals surface area contributed by atoms with Crippen LogP contribution in [0.3, 0.4) is 0 Å². The maximum atomic E-state index is 13.0. The Hall–Kier alpha value is -1.86. The molecule has 2 fully saturated rings. The van der Waals surface area contributed by atoms with Gasteiger partial charge in [-0.15, -0.1) is 0 Å². The van der Waals surface area contributed by atoms with Crippen LogP contribution in [-0.2, 0) is 16.0 Å². The number of rotatable bonds is 6. The smallest absolute Gasteiger partial charge is 0.317 e. The van der Waals surface area contributed by atoms with Gasteiger partial charge < -0.3 is 9.47 Å². The number of benzene rings is 2. The largest absolute Gasteiger partial charge is 0.493 e. The lowest BCUT2D eigenvalue weighted by Gasteiger charge is -2.26. The zero-order chi connectivity index (χ0) is 20.8. The first-order chi connectivity index (χ1) is 14.6. The van der Waals surface area contributed by atoms with E-state index in [0.717, 1.165) is 25.2 Å². The highest BCUT2D eigenvalue weighted by Gasteiger charge is 2.37. The summed E-state index contributed by atoms with van der Waals surface area (Å²) in [7, 11) is 2.14. The monoisotopic (exact) mass is 422 g/mol. The van der Waals surface area contributed by atoms with Crippen LogP contribution in [-0.4, -0.2) is 25.3 Å². The summed E-state index contributed by atoms with van der Waals surface area (Å²) in [4.78, 5) is 13.0. The van der Waals surface area contributed by atoms with E-state index in [9.17, 15) is 4.79 Å². The maximum Gasteiger partial charge on any atom is 0.317 e. The Kier molecular flexibility index (Phi) is 5.35. The SMILES string of the molecule is COC(=O)C(PC1CC1)c1c(C)cc(C)c(C2CC2)c1-c1ccc2c(c1)CCCO2. The fraction of sp³-hybridized carbons (Fsp3) is 0.500. The lowest BCUT2D eigenvalue weighted by atomic mass is 9.84. The second kappa shape index (κ2) is 8.00. The number of esters is 1. The molecule has 0 spiro atoms. The Morgan fingerprint density at radius 3 is 2.63 bits per heavy atom. The maximum absolute atomic E-state index is 13.0. The Morgan fingerprint density at radius 2 is 1.93 bits per heavy atom. The molecule has 2 atom stereocenters. The molecule has 5 rings (SSSR count). The first-order valence-corrected chi connectivity index (χ1v) is 12.5. The van der Waals surface area contributed by atoms with Gasteiger partial charge in [-0.2, -0.15) is 0 Å². The molecule has 1 heterocycles. The van der Waals surface area contributed by atoms with E-state index in [1.807, 2.05) is 0 Å². The van der Waals surface area contributed by atoms with E-state index in [4.69, 9.17) is 9.47 Å². The molecule has 0 aromatic heterocycles. The number of hydrogen-bond acceptors (Lipinski definition) is 3. The van der Waals surface area contributed by atoms with Crippen LogP contribution in [0.4, 0.5) is 0 Å². The predicted octanol–water partition coefficient (Wildman–Crippen LogP) is 6.23. The molecule has 2 aromatic rings. The number of carbonyl (C=O) groups excluding carboxylic acids is 1. The van der Waals surface area contributed by atoms with Gasteiger partial charge in [0.05, 0.1) is 19.4 Å². The molecule has 0 amide bonds. The lowest BCUT2D eigenvalue weighted by molar-refractivity contribution is -0.140. The van der Waals surface area contributed by atoms with Gasteiger partial charge >= 0.3 is 5.97 Å². The first-order valence-electron chi connectivity index (χ1n) is 11.3. The molecule has 158 valence electrons. The van der Waals surface area contributed by atoms with Crippen LogP contribution in [0.1, 0.15) is 71.5 Å². The fourth-order valence-corrected chi connectivity index (χ4v) is 6.75. The molecule has 2 saturated carbocycles. The van der Waals surface area contributed by atoms with Crippen LogP contribution >= 0.6 is 8.58 Å². The van der Waals surface area contributed by atoms with Crippen LogP contribution in [0.15, 0.2) is 24.3 Å². The molecule has 0 bridgehead atoms. The van der Waals surface area contributed by atoms with Crippen LogP contribution in [0, 0.1) is 13.8 Å². The second-order valence-electron chi connectivity index (χ2n) is 9.16. The van der Waals surface area contributed by atoms with Gasteiger partial charge in [-0.05, 0) is 115 Å². The number of fused-ring (bicyclic) bond motifs is 1. The van der Waals surface area contributed by atoms with Crippen LogP contribution in [0.25, 0.3) is 11.1 Å². The summed E-state index contributed by atoms with van der Waals surface area (Å²) in [5.74, 6) is 1.57. The summed E-state index contributed by atoms with van der Waals surface area (Å²) in [6.07, 6.45) is 7.12. The molecule has 1 aliphatic heterocycles. The minimum Gasteiger partial charge on any atom is -0.493 e. The lowest BCUT2D eigenvalue weighted by Crippen LogP contribution is -2.15. The third-order valence-corrected chi connectivity index (χ3v) is 8.62. The minimum absolute atomic E-state index is 0.0727. The summed E-state index contributed by atoms with van der Waals surface area (Å²) < 4.78 is 11.2. The van der Waals surface area contributed by atoms with Crippen molar-refractivity contribution in [3.8, 4) is 16.9 Å². The highest BCUT2D eigenvalue weighted by molar-refractivity contribution is 7.41. The van der Waals surface area contributed by atoms with Gasteiger partial charge in [0.15, 0.2) is 0 Å². The average Bonchev–Trinajstić information content (AvgIpc) is 3.66. The van der Waals surface area contributed by atoms with Gasteiger partial charge in [0.1, 0.15) is 5.75 Å². The molecule has 2 aliphatic carbocycles. The number of aryl methyl sites for hydroxylation is 3. The van der Waals surface area contributed by atoms with Gasteiger partial charge in [-0.25, -0.2) is 0 Å². The van der Waals surface area contributed by atoms with Gasteiger partial charge in [-0.3, -0.25) is 4.79 Å². The Balaban J connectivity index is 1.72. The van der Waals surface area contributed by atoms with Crippen LogP contribution < -0.4 is 4.74 Å². The van der Waals surface area contributed by atoms with Crippen molar-refractivity contribution in [2.75, 3.05) is 13.7 Å². The van der Waals surface area contributed by atoms with Crippen molar-refractivity contribution in [3.63, 3.8) is 0 Å². The average molecular weight is 423 g/mol. The second-order valence-corrected chi connectivity index (χ2v) is 10.9. The van der Waals surface area contributed by atoms with E-state index in [0.29, 0.717) is 20.2 Å². The summed E-state index contributed by atoms with van der Waals surface area (Å²) >= 11 is 0. The summed E-state index contributed by atoms with van der Waals surface area (Å²) in [6.45, 7) is 5.23. The summed E-state index contributed by atoms with van der Waals surface area (Å²) in [6, 6.07) is 8.98. The molecule has 2 unspecified atom stereocenters. The molecule has 0 saturated heterocycles.